The van der Waals surface area contributed by atoms with Crippen LogP contribution in [0.25, 0.3) is 0 Å². The summed E-state index contributed by atoms with van der Waals surface area (Å²) in [4.78, 5) is 36.9. The van der Waals surface area contributed by atoms with Gasteiger partial charge in [-0.3, -0.25) is 19.1 Å². The lowest BCUT2D eigenvalue weighted by molar-refractivity contribution is -0.275. The van der Waals surface area contributed by atoms with Crippen molar-refractivity contribution in [2.45, 2.75) is 71.0 Å². The molecule has 0 spiro atoms. The van der Waals surface area contributed by atoms with Crippen LogP contribution in [0.4, 0.5) is 36.4 Å². The van der Waals surface area contributed by atoms with Crippen molar-refractivity contribution >= 4 is 23.4 Å². The van der Waals surface area contributed by atoms with Crippen LogP contribution in [0.1, 0.15) is 67.9 Å². The summed E-state index contributed by atoms with van der Waals surface area (Å²) in [5.41, 5.74) is -1.36. The zero-order valence-electron chi connectivity index (χ0n) is 24.3. The van der Waals surface area contributed by atoms with E-state index < -0.39 is 72.1 Å². The summed E-state index contributed by atoms with van der Waals surface area (Å²) in [6.07, 6.45) is -0.949. The first kappa shape index (κ1) is 34.6. The van der Waals surface area contributed by atoms with Crippen molar-refractivity contribution in [2.24, 2.45) is 11.8 Å². The van der Waals surface area contributed by atoms with E-state index in [-0.39, 0.29) is 10.6 Å². The number of alkyl halides is 6. The number of carbonyl (C=O) groups excluding carboxylic acids is 3. The lowest BCUT2D eigenvalue weighted by Gasteiger charge is -2.24. The summed E-state index contributed by atoms with van der Waals surface area (Å²) >= 11 is 0. The van der Waals surface area contributed by atoms with Gasteiger partial charge in [-0.25, -0.2) is 4.39 Å². The second kappa shape index (κ2) is 14.3. The highest BCUT2D eigenvalue weighted by Crippen LogP contribution is 2.44. The van der Waals surface area contributed by atoms with Gasteiger partial charge in [0.15, 0.2) is 0 Å². The number of nitrogens with one attached hydrogen (secondary N) is 2. The Bertz CT molecular complexity index is 1310. The van der Waals surface area contributed by atoms with Crippen molar-refractivity contribution in [3.8, 4) is 5.75 Å². The van der Waals surface area contributed by atoms with Gasteiger partial charge in [-0.1, -0.05) is 25.7 Å². The minimum absolute atomic E-state index is 0.126. The van der Waals surface area contributed by atoms with Crippen LogP contribution in [-0.4, -0.2) is 65.1 Å². The molecule has 1 atom stereocenters. The number of nitrogens with zero attached hydrogens (tertiary/aromatic N) is 3. The number of rotatable bonds is 11. The molecule has 4 rings (SSSR count). The van der Waals surface area contributed by atoms with Gasteiger partial charge in [-0.05, 0) is 44.2 Å². The molecule has 0 saturated heterocycles. The van der Waals surface area contributed by atoms with E-state index in [1.54, 1.807) is 39.0 Å². The predicted octanol–water partition coefficient (Wildman–Crippen LogP) is 5.63. The molecule has 3 amide bonds. The number of aromatic nitrogens is 2. The van der Waals surface area contributed by atoms with Crippen LogP contribution < -0.4 is 15.4 Å². The Kier molecular flexibility index (Phi) is 11.2. The molecule has 2 fully saturated rings. The minimum atomic E-state index is -5.31. The van der Waals surface area contributed by atoms with Gasteiger partial charge < -0.3 is 20.3 Å². The largest absolute Gasteiger partial charge is 0.573 e. The maximum Gasteiger partial charge on any atom is 0.573 e. The first-order valence-corrected chi connectivity index (χ1v) is 14.0. The normalized spacial score (nSPS) is 15.5. The van der Waals surface area contributed by atoms with Crippen LogP contribution in [0.2, 0.25) is 0 Å². The van der Waals surface area contributed by atoms with E-state index in [1.165, 1.54) is 28.8 Å². The Balaban J connectivity index is 0.000000649. The van der Waals surface area contributed by atoms with Crippen molar-refractivity contribution in [1.29, 1.82) is 0 Å². The molecular weight excluding hydrogens is 603 g/mol. The summed E-state index contributed by atoms with van der Waals surface area (Å²) < 4.78 is 96.6. The second-order valence-electron chi connectivity index (χ2n) is 10.8. The molecule has 0 bridgehead atoms. The van der Waals surface area contributed by atoms with Crippen LogP contribution in [0, 0.1) is 17.7 Å². The molecule has 1 unspecified atom stereocenters. The zero-order valence-corrected chi connectivity index (χ0v) is 24.3. The summed E-state index contributed by atoms with van der Waals surface area (Å²) in [6.45, 7) is 0.664. The van der Waals surface area contributed by atoms with E-state index in [2.05, 4.69) is 15.2 Å². The fourth-order valence-corrected chi connectivity index (χ4v) is 4.43. The van der Waals surface area contributed by atoms with Crippen LogP contribution >= 0.6 is 0 Å². The third kappa shape index (κ3) is 11.0. The summed E-state index contributed by atoms with van der Waals surface area (Å²) in [7, 11) is 0.781. The van der Waals surface area contributed by atoms with Crippen molar-refractivity contribution in [1.82, 2.24) is 20.0 Å². The first-order valence-electron chi connectivity index (χ1n) is 14.0. The number of halogens is 7. The van der Waals surface area contributed by atoms with E-state index >= 15 is 0 Å². The topological polar surface area (TPSA) is 106 Å². The van der Waals surface area contributed by atoms with E-state index in [1.807, 2.05) is 5.32 Å². The lowest BCUT2D eigenvalue weighted by Crippen LogP contribution is -2.38. The van der Waals surface area contributed by atoms with Crippen LogP contribution in [0.5, 0.6) is 5.75 Å². The van der Waals surface area contributed by atoms with Gasteiger partial charge in [-0.2, -0.15) is 18.3 Å². The molecule has 44 heavy (non-hydrogen) atoms. The molecule has 2 aliphatic rings. The first-order chi connectivity index (χ1) is 20.5. The van der Waals surface area contributed by atoms with Crippen molar-refractivity contribution < 1.29 is 49.9 Å². The van der Waals surface area contributed by atoms with Crippen molar-refractivity contribution in [3.05, 3.63) is 41.5 Å². The number of benzene rings is 1. The Morgan fingerprint density at radius 1 is 1.09 bits per heavy atom. The molecule has 244 valence electrons. The number of hydrogen-bond donors (Lipinski definition) is 2. The smallest absolute Gasteiger partial charge is 0.405 e. The standard InChI is InChI=1S/C21H22F7N5O4.C7H12/c1-4-33-15(5-6-30-33)18(35)29-9-17(34)31-14-8-16(37-21(26,27)28)12(7-13(14)22)11(2)19(36)32(3)10-20(23,24)25;1-2-6(1)5-7-3-4-7/h5-8,11H,4,9-10H2,1-3H3,(H,29,35)(H,31,34);6-7H,1-5H2. The van der Waals surface area contributed by atoms with Gasteiger partial charge in [0.25, 0.3) is 5.91 Å². The molecular formula is C28H34F7N5O4. The fraction of sp³-hybridized carbons (Fsp3) is 0.571. The molecule has 1 aromatic carbocycles. The average molecular weight is 638 g/mol. The van der Waals surface area contributed by atoms with Gasteiger partial charge in [0.1, 0.15) is 23.8 Å². The molecule has 2 N–H and O–H groups in total. The second-order valence-corrected chi connectivity index (χ2v) is 10.8. The van der Waals surface area contributed by atoms with Crippen LogP contribution in [0.3, 0.4) is 0 Å². The number of amides is 3. The lowest BCUT2D eigenvalue weighted by atomic mass is 9.97. The number of anilines is 1. The van der Waals surface area contributed by atoms with Crippen molar-refractivity contribution in [3.63, 3.8) is 0 Å². The number of hydrogen-bond acceptors (Lipinski definition) is 5. The predicted molar refractivity (Wildman–Crippen MR) is 144 cm³/mol. The number of likely N-dealkylation sites (N-methyl/N-ethyl adjacent to an activating group) is 1. The van der Waals surface area contributed by atoms with E-state index in [0.717, 1.165) is 14.0 Å². The SMILES string of the molecule is C1CC1CC1CC1.CCn1nccc1C(=O)NCC(=O)Nc1cc(OC(F)(F)F)c(C(C)C(=O)N(C)CC(F)(F)F)cc1F. The molecule has 16 heteroatoms. The summed E-state index contributed by atoms with van der Waals surface area (Å²) in [5.74, 6) is -4.68. The van der Waals surface area contributed by atoms with E-state index in [0.29, 0.717) is 18.7 Å². The van der Waals surface area contributed by atoms with Gasteiger partial charge in [0, 0.05) is 31.4 Å². The number of ether oxygens (including phenoxy) is 1. The minimum Gasteiger partial charge on any atom is -0.405 e. The summed E-state index contributed by atoms with van der Waals surface area (Å²) in [5, 5.41) is 8.09. The maximum atomic E-state index is 14.7. The molecule has 0 aliphatic heterocycles. The quantitative estimate of drug-likeness (QED) is 0.311. The Hall–Kier alpha value is -3.85. The molecule has 2 aliphatic carbocycles. The van der Waals surface area contributed by atoms with Gasteiger partial charge in [0.2, 0.25) is 11.8 Å². The molecule has 0 radical (unpaired) electrons. The zero-order chi connectivity index (χ0) is 32.8. The highest BCUT2D eigenvalue weighted by molar-refractivity contribution is 5.98. The maximum absolute atomic E-state index is 14.7. The van der Waals surface area contributed by atoms with Crippen molar-refractivity contribution in [2.75, 3.05) is 25.5 Å². The van der Waals surface area contributed by atoms with Crippen LogP contribution in [-0.2, 0) is 16.1 Å². The molecule has 1 aromatic heterocycles. The molecule has 9 nitrogen and oxygen atoms in total. The molecule has 2 saturated carbocycles. The van der Waals surface area contributed by atoms with Gasteiger partial charge in [0.05, 0.1) is 18.2 Å². The highest BCUT2D eigenvalue weighted by Gasteiger charge is 2.37. The summed E-state index contributed by atoms with van der Waals surface area (Å²) in [6, 6.07) is 2.27. The van der Waals surface area contributed by atoms with E-state index in [9.17, 15) is 45.1 Å². The third-order valence-electron chi connectivity index (χ3n) is 6.95. The van der Waals surface area contributed by atoms with E-state index in [4.69, 9.17) is 0 Å². The fourth-order valence-electron chi connectivity index (χ4n) is 4.43. The Morgan fingerprint density at radius 2 is 1.70 bits per heavy atom. The Morgan fingerprint density at radius 3 is 2.23 bits per heavy atom. The van der Waals surface area contributed by atoms with Gasteiger partial charge >= 0.3 is 12.5 Å². The monoisotopic (exact) mass is 637 g/mol. The van der Waals surface area contributed by atoms with Crippen LogP contribution in [0.15, 0.2) is 24.4 Å². The van der Waals surface area contributed by atoms with Gasteiger partial charge in [-0.15, -0.1) is 13.2 Å². The molecule has 2 aromatic rings. The highest BCUT2D eigenvalue weighted by atomic mass is 19.4. The number of aryl methyl sites for hydroxylation is 1. The third-order valence-corrected chi connectivity index (χ3v) is 6.95. The Labute approximate surface area is 249 Å². The number of carbonyl (C=O) groups is 3. The molecule has 1 heterocycles. The average Bonchev–Trinajstić information content (AvgIpc) is 3.86.